The second-order valence-corrected chi connectivity index (χ2v) is 12.3. The normalized spacial score (nSPS) is 14.2. The van der Waals surface area contributed by atoms with Crippen molar-refractivity contribution in [2.45, 2.75) is 92.9 Å². The first-order valence-corrected chi connectivity index (χ1v) is 11.6. The third-order valence-electron chi connectivity index (χ3n) is 6.38. The molecule has 0 saturated carbocycles. The quantitative estimate of drug-likeness (QED) is 0.363. The van der Waals surface area contributed by atoms with Crippen LogP contribution in [0.3, 0.4) is 0 Å². The second-order valence-electron chi connectivity index (χ2n) is 12.3. The number of rotatable bonds is 0. The smallest absolute Gasteiger partial charge is 1.00 e. The Morgan fingerprint density at radius 2 is 1.32 bits per heavy atom. The van der Waals surface area contributed by atoms with Crippen LogP contribution in [0.5, 0.6) is 0 Å². The Bertz CT molecular complexity index is 977. The maximum Gasteiger partial charge on any atom is 4.00 e. The van der Waals surface area contributed by atoms with Crippen LogP contribution in [0.1, 0.15) is 97.9 Å². The van der Waals surface area contributed by atoms with Crippen LogP contribution in [0.2, 0.25) is 0 Å². The maximum absolute atomic E-state index is 3.67. The molecule has 3 heteroatoms. The first-order chi connectivity index (χ1) is 14.2. The molecule has 4 rings (SSSR count). The van der Waals surface area contributed by atoms with Crippen LogP contribution in [0, 0.1) is 17.6 Å². The Balaban J connectivity index is 0.000000721. The molecule has 2 aliphatic carbocycles. The van der Waals surface area contributed by atoms with Crippen molar-refractivity contribution in [2.24, 2.45) is 5.41 Å². The summed E-state index contributed by atoms with van der Waals surface area (Å²) in [7, 11) is 0. The molecule has 0 nitrogen and oxygen atoms in total. The molecule has 2 aromatic carbocycles. The molecule has 2 aromatic rings. The van der Waals surface area contributed by atoms with E-state index in [-0.39, 0.29) is 61.8 Å². The van der Waals surface area contributed by atoms with Gasteiger partial charge >= 0.3 is 26.2 Å². The molecule has 0 saturated heterocycles. The van der Waals surface area contributed by atoms with Gasteiger partial charge in [0.2, 0.25) is 0 Å². The molecule has 0 radical (unpaired) electrons. The van der Waals surface area contributed by atoms with Gasteiger partial charge in [0, 0.05) is 0 Å². The summed E-state index contributed by atoms with van der Waals surface area (Å²) in [5.74, 6) is 0. The number of hydrogen-bond acceptors (Lipinski definition) is 0. The van der Waals surface area contributed by atoms with Gasteiger partial charge in [-0.05, 0) is 33.8 Å². The summed E-state index contributed by atoms with van der Waals surface area (Å²) in [6, 6.07) is 15.2. The predicted octanol–water partition coefficient (Wildman–Crippen LogP) is 2.77. The average molecular weight is 575 g/mol. The van der Waals surface area contributed by atoms with E-state index >= 15 is 0 Å². The van der Waals surface area contributed by atoms with E-state index in [2.05, 4.69) is 118 Å². The van der Waals surface area contributed by atoms with E-state index in [1.165, 1.54) is 44.5 Å². The van der Waals surface area contributed by atoms with Crippen molar-refractivity contribution in [3.05, 3.63) is 82.0 Å². The summed E-state index contributed by atoms with van der Waals surface area (Å²) >= 11 is 0. The van der Waals surface area contributed by atoms with Crippen molar-refractivity contribution in [2.75, 3.05) is 0 Å². The van der Waals surface area contributed by atoms with Gasteiger partial charge < -0.3 is 24.8 Å². The first-order valence-electron chi connectivity index (χ1n) is 11.6. The third kappa shape index (κ3) is 7.95. The molecule has 2 aliphatic rings. The van der Waals surface area contributed by atoms with Gasteiger partial charge in [-0.2, -0.15) is 29.3 Å². The minimum atomic E-state index is 0. The van der Waals surface area contributed by atoms with Crippen LogP contribution in [-0.4, -0.2) is 0 Å². The molecule has 0 atom stereocenters. The van der Waals surface area contributed by atoms with Crippen molar-refractivity contribution in [1.82, 2.24) is 0 Å². The molecule has 0 heterocycles. The molecule has 0 unspecified atom stereocenters. The molecule has 0 N–H and O–H groups in total. The third-order valence-corrected chi connectivity index (χ3v) is 6.38. The molecule has 0 amide bonds. The molecule has 0 aliphatic heterocycles. The van der Waals surface area contributed by atoms with E-state index in [9.17, 15) is 0 Å². The van der Waals surface area contributed by atoms with E-state index in [1.54, 1.807) is 0 Å². The van der Waals surface area contributed by atoms with E-state index in [4.69, 9.17) is 0 Å². The largest absolute Gasteiger partial charge is 4.00 e. The Hall–Kier alpha value is -0.617. The summed E-state index contributed by atoms with van der Waals surface area (Å²) in [4.78, 5) is 0. The Morgan fingerprint density at radius 1 is 0.735 bits per heavy atom. The van der Waals surface area contributed by atoms with Crippen molar-refractivity contribution in [3.8, 4) is 11.1 Å². The van der Waals surface area contributed by atoms with Gasteiger partial charge in [-0.1, -0.05) is 93.0 Å². The molecule has 0 spiro atoms. The van der Waals surface area contributed by atoms with Gasteiger partial charge in [-0.3, -0.25) is 6.08 Å². The minimum Gasteiger partial charge on any atom is -1.00 e. The summed E-state index contributed by atoms with van der Waals surface area (Å²) < 4.78 is 0. The summed E-state index contributed by atoms with van der Waals surface area (Å²) in [6.07, 6.45) is 7.61. The van der Waals surface area contributed by atoms with Crippen molar-refractivity contribution < 1.29 is 51.0 Å². The van der Waals surface area contributed by atoms with E-state index in [0.29, 0.717) is 5.41 Å². The number of halogens is 2. The van der Waals surface area contributed by atoms with Gasteiger partial charge in [0.15, 0.2) is 0 Å². The Labute approximate surface area is 241 Å². The predicted molar refractivity (Wildman–Crippen MR) is 136 cm³/mol. The maximum atomic E-state index is 3.67. The van der Waals surface area contributed by atoms with Crippen LogP contribution in [0.4, 0.5) is 0 Å². The second kappa shape index (κ2) is 12.1. The average Bonchev–Trinajstić information content (AvgIpc) is 3.22. The zero-order valence-electron chi connectivity index (χ0n) is 22.6. The summed E-state index contributed by atoms with van der Waals surface area (Å²) in [5, 5.41) is 0. The van der Waals surface area contributed by atoms with Crippen molar-refractivity contribution >= 4 is 0 Å². The molecular formula is C31H40Cl2Zr. The summed E-state index contributed by atoms with van der Waals surface area (Å²) in [6.45, 7) is 22.5. The molecule has 182 valence electrons. The van der Waals surface area contributed by atoms with Gasteiger partial charge in [-0.25, -0.2) is 11.6 Å². The van der Waals surface area contributed by atoms with Crippen LogP contribution >= 0.6 is 0 Å². The Kier molecular flexibility index (Phi) is 11.9. The molecule has 34 heavy (non-hydrogen) atoms. The first kappa shape index (κ1) is 33.4. The molecule has 0 fully saturated rings. The van der Waals surface area contributed by atoms with Gasteiger partial charge in [0.05, 0.1) is 0 Å². The van der Waals surface area contributed by atoms with E-state index < -0.39 is 0 Å². The number of hydrogen-bond donors (Lipinski definition) is 0. The van der Waals surface area contributed by atoms with Crippen LogP contribution in [0.15, 0.2) is 47.6 Å². The van der Waals surface area contributed by atoms with Crippen LogP contribution in [-0.2, 0) is 43.5 Å². The fourth-order valence-corrected chi connectivity index (χ4v) is 4.11. The van der Waals surface area contributed by atoms with E-state index in [0.717, 1.165) is 12.8 Å². The zero-order chi connectivity index (χ0) is 23.2. The van der Waals surface area contributed by atoms with Crippen molar-refractivity contribution in [3.63, 3.8) is 0 Å². The zero-order valence-corrected chi connectivity index (χ0v) is 26.6. The molecule has 0 bridgehead atoms. The molecule has 0 aromatic heterocycles. The fraction of sp³-hybridized carbons (Fsp3) is 0.484. The number of benzene rings is 2. The number of fused-ring (bicyclic) bond motifs is 3. The van der Waals surface area contributed by atoms with Crippen molar-refractivity contribution in [1.29, 1.82) is 0 Å². The monoisotopic (exact) mass is 572 g/mol. The topological polar surface area (TPSA) is 0 Å². The van der Waals surface area contributed by atoms with E-state index in [1.807, 2.05) is 0 Å². The van der Waals surface area contributed by atoms with Gasteiger partial charge in [0.1, 0.15) is 0 Å². The SMILES string of the molecule is CC(C)(C)c1[c-]c2c(cc1)-c1ccc(C(C)(C)C)cc1C2.CC1=[C-]CC(C(C)(C)C)=C1.[Cl-].[Cl-].[Zr+4]. The van der Waals surface area contributed by atoms with Gasteiger partial charge in [-0.15, -0.1) is 17.5 Å². The summed E-state index contributed by atoms with van der Waals surface area (Å²) in [5.41, 5.74) is 11.8. The van der Waals surface area contributed by atoms with Gasteiger partial charge in [0.25, 0.3) is 0 Å². The molecular weight excluding hydrogens is 534 g/mol. The number of allylic oxidation sites excluding steroid dienone is 4. The fourth-order valence-electron chi connectivity index (χ4n) is 4.11. The Morgan fingerprint density at radius 3 is 1.76 bits per heavy atom. The van der Waals surface area contributed by atoms with Crippen LogP contribution < -0.4 is 24.8 Å². The minimum absolute atomic E-state index is 0. The van der Waals surface area contributed by atoms with Crippen LogP contribution in [0.25, 0.3) is 11.1 Å². The standard InChI is InChI=1S/C21H25.C10H15.2ClH.Zr/c1-20(2,3)16-7-9-18-14(12-16)11-15-13-17(21(4,5)6)8-10-19(15)18;1-8-5-6-9(7-8)10(2,3)4;;;/h7-10,12H,11H2,1-6H3;7H,6H2,1-4H3;2*1H;/q2*-1;;;+4/p-2.